The van der Waals surface area contributed by atoms with Crippen LogP contribution in [0.25, 0.3) is 0 Å². The first-order chi connectivity index (χ1) is 6.34. The number of halogens is 4. The average molecular weight is 211 g/mol. The topological polar surface area (TPSA) is 17.8 Å². The second kappa shape index (κ2) is 5.67. The monoisotopic (exact) mass is 211 g/mol. The van der Waals surface area contributed by atoms with Crippen molar-refractivity contribution in [2.75, 3.05) is 0 Å². The Hall–Kier alpha value is -1.01. The Morgan fingerprint density at radius 2 is 1.86 bits per heavy atom. The average Bonchev–Trinajstić information content (AvgIpc) is 2.34. The van der Waals surface area contributed by atoms with Gasteiger partial charge >= 0.3 is 7.25 Å². The smallest absolute Gasteiger partial charge is 0.418 e. The van der Waals surface area contributed by atoms with Gasteiger partial charge in [-0.3, -0.25) is 0 Å². The second-order valence-electron chi connectivity index (χ2n) is 2.70. The van der Waals surface area contributed by atoms with Gasteiger partial charge in [-0.25, -0.2) is 4.98 Å². The molecule has 0 spiro atoms. The van der Waals surface area contributed by atoms with Crippen LogP contribution in [0.5, 0.6) is 0 Å². The molecule has 2 nitrogen and oxygen atoms in total. The highest BCUT2D eigenvalue weighted by molar-refractivity contribution is 6.50. The fraction of sp³-hybridized carbons (Fsp3) is 0.571. The summed E-state index contributed by atoms with van der Waals surface area (Å²) in [5.74, 6) is 1.18. The van der Waals surface area contributed by atoms with E-state index in [-0.39, 0.29) is 0 Å². The van der Waals surface area contributed by atoms with Crippen LogP contribution in [0.15, 0.2) is 12.4 Å². The molecule has 0 aliphatic heterocycles. The van der Waals surface area contributed by atoms with Gasteiger partial charge in [-0.15, -0.1) is 0 Å². The fourth-order valence-electron chi connectivity index (χ4n) is 0.861. The Labute approximate surface area is 80.1 Å². The lowest BCUT2D eigenvalue weighted by Crippen LogP contribution is -2.02. The molecule has 0 radical (unpaired) electrons. The lowest BCUT2D eigenvalue weighted by Gasteiger charge is -1.95. The highest BCUT2D eigenvalue weighted by Gasteiger charge is 2.20. The first-order valence-corrected chi connectivity index (χ1v) is 4.18. The number of aromatic nitrogens is 2. The van der Waals surface area contributed by atoms with Gasteiger partial charge in [0.15, 0.2) is 0 Å². The molecule has 1 rings (SSSR count). The summed E-state index contributed by atoms with van der Waals surface area (Å²) in [5, 5.41) is 0. The van der Waals surface area contributed by atoms with Crippen molar-refractivity contribution in [3.05, 3.63) is 18.2 Å². The van der Waals surface area contributed by atoms with Crippen LogP contribution in [0.1, 0.15) is 19.2 Å². The number of nitrogens with zero attached hydrogens (tertiary/aromatic N) is 2. The quantitative estimate of drug-likeness (QED) is 0.543. The summed E-state index contributed by atoms with van der Waals surface area (Å²) in [7, 11) is -3.97. The van der Waals surface area contributed by atoms with Crippen molar-refractivity contribution in [3.63, 3.8) is 0 Å². The molecule has 1 aromatic rings. The minimum absolute atomic E-state index is 1.09. The minimum Gasteiger partial charge on any atom is -0.418 e. The zero-order valence-electron chi connectivity index (χ0n) is 8.05. The van der Waals surface area contributed by atoms with Crippen LogP contribution in [-0.4, -0.2) is 16.8 Å². The van der Waals surface area contributed by atoms with Crippen LogP contribution < -0.4 is 0 Å². The van der Waals surface area contributed by atoms with Gasteiger partial charge in [0.2, 0.25) is 0 Å². The highest BCUT2D eigenvalue weighted by Crippen LogP contribution is 2.06. The molecular weight excluding hydrogens is 199 g/mol. The maximum atomic E-state index is 9.75. The van der Waals surface area contributed by atoms with Gasteiger partial charge in [0.25, 0.3) is 0 Å². The Morgan fingerprint density at radius 3 is 2.14 bits per heavy atom. The third kappa shape index (κ3) is 7.63. The molecule has 0 aromatic carbocycles. The Bertz CT molecular complexity index is 252. The SMILES string of the molecule is CCCc1nccn1C.F[B-](F)(F)F. The first kappa shape index (κ1) is 13.0. The zero-order chi connectivity index (χ0) is 11.2. The minimum atomic E-state index is -6.00. The number of imidazole rings is 1. The summed E-state index contributed by atoms with van der Waals surface area (Å²) < 4.78 is 41.1. The molecule has 0 bridgehead atoms. The molecule has 0 atom stereocenters. The number of aryl methyl sites for hydroxylation is 2. The Morgan fingerprint density at radius 1 is 1.36 bits per heavy atom. The molecule has 0 amide bonds. The van der Waals surface area contributed by atoms with Gasteiger partial charge < -0.3 is 21.8 Å². The summed E-state index contributed by atoms with van der Waals surface area (Å²) in [6.07, 6.45) is 6.07. The summed E-state index contributed by atoms with van der Waals surface area (Å²) in [6.45, 7) is 2.16. The van der Waals surface area contributed by atoms with Crippen molar-refractivity contribution in [3.8, 4) is 0 Å². The summed E-state index contributed by atoms with van der Waals surface area (Å²) in [4.78, 5) is 4.17. The van der Waals surface area contributed by atoms with Crippen molar-refractivity contribution in [1.82, 2.24) is 9.55 Å². The van der Waals surface area contributed by atoms with Gasteiger partial charge in [-0.05, 0) is 6.42 Å². The molecule has 82 valence electrons. The van der Waals surface area contributed by atoms with E-state index in [9.17, 15) is 17.3 Å². The van der Waals surface area contributed by atoms with E-state index < -0.39 is 7.25 Å². The number of rotatable bonds is 2. The van der Waals surface area contributed by atoms with Crippen LogP contribution in [0.3, 0.4) is 0 Å². The van der Waals surface area contributed by atoms with E-state index in [1.54, 1.807) is 0 Å². The van der Waals surface area contributed by atoms with Gasteiger partial charge in [0.05, 0.1) is 0 Å². The number of hydrogen-bond donors (Lipinski definition) is 0. The van der Waals surface area contributed by atoms with Crippen molar-refractivity contribution in [2.45, 2.75) is 19.8 Å². The fourth-order valence-corrected chi connectivity index (χ4v) is 0.861. The first-order valence-electron chi connectivity index (χ1n) is 4.18. The molecule has 0 aliphatic carbocycles. The summed E-state index contributed by atoms with van der Waals surface area (Å²) in [5.41, 5.74) is 0. The normalized spacial score (nSPS) is 10.7. The molecule has 0 unspecified atom stereocenters. The molecule has 0 fully saturated rings. The van der Waals surface area contributed by atoms with Crippen molar-refractivity contribution in [1.29, 1.82) is 0 Å². The van der Waals surface area contributed by atoms with Crippen LogP contribution in [0.4, 0.5) is 17.3 Å². The molecule has 1 heterocycles. The van der Waals surface area contributed by atoms with E-state index in [1.807, 2.05) is 19.4 Å². The van der Waals surface area contributed by atoms with Crippen molar-refractivity contribution < 1.29 is 17.3 Å². The molecule has 0 aliphatic rings. The molecule has 14 heavy (non-hydrogen) atoms. The molecular formula is C7H12BF4N2-. The second-order valence-corrected chi connectivity index (χ2v) is 2.70. The van der Waals surface area contributed by atoms with E-state index in [1.165, 1.54) is 12.2 Å². The van der Waals surface area contributed by atoms with Gasteiger partial charge in [0, 0.05) is 25.9 Å². The lowest BCUT2D eigenvalue weighted by atomic mass is 10.3. The van der Waals surface area contributed by atoms with Crippen LogP contribution in [0, 0.1) is 0 Å². The summed E-state index contributed by atoms with van der Waals surface area (Å²) >= 11 is 0. The van der Waals surface area contributed by atoms with E-state index in [0.29, 0.717) is 0 Å². The number of hydrogen-bond acceptors (Lipinski definition) is 1. The predicted octanol–water partition coefficient (Wildman–Crippen LogP) is 2.67. The maximum absolute atomic E-state index is 9.75. The third-order valence-electron chi connectivity index (χ3n) is 1.39. The third-order valence-corrected chi connectivity index (χ3v) is 1.39. The highest BCUT2D eigenvalue weighted by atomic mass is 19.5. The van der Waals surface area contributed by atoms with E-state index >= 15 is 0 Å². The Balaban J connectivity index is 0.000000292. The zero-order valence-corrected chi connectivity index (χ0v) is 8.05. The van der Waals surface area contributed by atoms with Gasteiger partial charge in [0.1, 0.15) is 5.82 Å². The van der Waals surface area contributed by atoms with Crippen LogP contribution in [0.2, 0.25) is 0 Å². The summed E-state index contributed by atoms with van der Waals surface area (Å²) in [6, 6.07) is 0. The van der Waals surface area contributed by atoms with Crippen LogP contribution >= 0.6 is 0 Å². The van der Waals surface area contributed by atoms with Crippen molar-refractivity contribution >= 4 is 7.25 Å². The maximum Gasteiger partial charge on any atom is 0.673 e. The molecule has 7 heteroatoms. The largest absolute Gasteiger partial charge is 0.673 e. The lowest BCUT2D eigenvalue weighted by molar-refractivity contribution is 0.368. The predicted molar refractivity (Wildman–Crippen MR) is 47.4 cm³/mol. The molecule has 0 N–H and O–H groups in total. The molecule has 1 aromatic heterocycles. The molecule has 0 saturated heterocycles. The van der Waals surface area contributed by atoms with Crippen LogP contribution in [-0.2, 0) is 13.5 Å². The Kier molecular flexibility index (Phi) is 5.26. The van der Waals surface area contributed by atoms with E-state index in [2.05, 4.69) is 16.5 Å². The van der Waals surface area contributed by atoms with E-state index in [0.717, 1.165) is 6.42 Å². The molecule has 0 saturated carbocycles. The van der Waals surface area contributed by atoms with E-state index in [4.69, 9.17) is 0 Å². The van der Waals surface area contributed by atoms with Crippen molar-refractivity contribution in [2.24, 2.45) is 7.05 Å². The van der Waals surface area contributed by atoms with Gasteiger partial charge in [-0.2, -0.15) is 0 Å². The van der Waals surface area contributed by atoms with Gasteiger partial charge in [-0.1, -0.05) is 6.92 Å². The standard InChI is InChI=1S/C7H12N2.BF4/c1-3-4-7-8-5-6-9(7)2;2-1(3,4)5/h5-6H,3-4H2,1-2H3;/q;-1.